The summed E-state index contributed by atoms with van der Waals surface area (Å²) in [6, 6.07) is -11.3. The van der Waals surface area contributed by atoms with Gasteiger partial charge in [-0.15, -0.1) is 0 Å². The predicted octanol–water partition coefficient (Wildman–Crippen LogP) is 1.32. The van der Waals surface area contributed by atoms with Crippen LogP contribution in [0.4, 0.5) is 0 Å². The quantitative estimate of drug-likeness (QED) is 0.0506. The minimum Gasteiger partial charge on any atom is -0.480 e. The summed E-state index contributed by atoms with van der Waals surface area (Å²) < 4.78 is 0. The van der Waals surface area contributed by atoms with Gasteiger partial charge in [0.15, 0.2) is 0 Å². The van der Waals surface area contributed by atoms with Gasteiger partial charge in [0.25, 0.3) is 0 Å². The molecule has 0 unspecified atom stereocenters. The Bertz CT molecular complexity index is 1830. The van der Waals surface area contributed by atoms with Gasteiger partial charge in [-0.2, -0.15) is 0 Å². The molecule has 0 fully saturated rings. The number of carbonyl (C=O) groups excluding carboxylic acids is 9. The maximum absolute atomic E-state index is 14.0. The van der Waals surface area contributed by atoms with Crippen LogP contribution < -0.4 is 53.6 Å². The molecule has 12 N–H and O–H groups in total. The first kappa shape index (κ1) is 65.7. The largest absolute Gasteiger partial charge is 0.480 e. The topological polar surface area (TPSA) is 325 Å². The van der Waals surface area contributed by atoms with Crippen molar-refractivity contribution in [2.45, 2.75) is 199 Å². The summed E-state index contributed by atoms with van der Waals surface area (Å²) in [5, 5.41) is 33.8. The van der Waals surface area contributed by atoms with Gasteiger partial charge >= 0.3 is 5.97 Å². The normalized spacial score (nSPS) is 16.2. The van der Waals surface area contributed by atoms with Crippen LogP contribution in [0.1, 0.15) is 138 Å². The van der Waals surface area contributed by atoms with Crippen molar-refractivity contribution in [3.63, 3.8) is 0 Å². The van der Waals surface area contributed by atoms with Crippen LogP contribution in [-0.4, -0.2) is 125 Å². The lowest BCUT2D eigenvalue weighted by Gasteiger charge is -2.32. The molecular formula is C50H92N10O11. The summed E-state index contributed by atoms with van der Waals surface area (Å²) >= 11 is 0. The molecule has 0 bridgehead atoms. The molecule has 0 saturated heterocycles. The van der Waals surface area contributed by atoms with E-state index < -0.39 is 167 Å². The van der Waals surface area contributed by atoms with E-state index in [1.165, 1.54) is 0 Å². The first-order valence-corrected chi connectivity index (χ1v) is 25.2. The number of nitrogens with two attached hydrogens (primary N) is 1. The van der Waals surface area contributed by atoms with Crippen LogP contribution in [0.2, 0.25) is 0 Å². The van der Waals surface area contributed by atoms with Gasteiger partial charge in [-0.3, -0.25) is 43.2 Å². The van der Waals surface area contributed by atoms with Gasteiger partial charge in [0, 0.05) is 0 Å². The first-order chi connectivity index (χ1) is 32.5. The SMILES string of the molecule is CC(C)[C@H](N)C(=O)N[C@H](C(=O)N[C@H](C(=O)N[C@H](C(=O)N[C@H](C(=O)N[C@H](C(=O)N[C@H](C(=O)N[C@H](C(=O)N[C@H](C(=O)N[C@H](C(=O)O)C(C)C)C(C)C)C(C)C)C(C)C)C(C)C)C(C)C)C(C)C)C(C)C)C(C)C. The molecule has 0 heterocycles. The number of hydrogen-bond donors (Lipinski definition) is 11. The molecule has 10 atom stereocenters. The molecule has 71 heavy (non-hydrogen) atoms. The van der Waals surface area contributed by atoms with Gasteiger partial charge < -0.3 is 58.7 Å². The summed E-state index contributed by atoms with van der Waals surface area (Å²) in [5.41, 5.74) is 6.01. The maximum atomic E-state index is 14.0. The van der Waals surface area contributed by atoms with Crippen molar-refractivity contribution in [2.24, 2.45) is 64.9 Å². The summed E-state index contributed by atoms with van der Waals surface area (Å²) in [5.74, 6) is -11.7. The lowest BCUT2D eigenvalue weighted by molar-refractivity contribution is -0.144. The number of carbonyl (C=O) groups is 10. The van der Waals surface area contributed by atoms with Gasteiger partial charge in [-0.25, -0.2) is 4.79 Å². The highest BCUT2D eigenvalue weighted by atomic mass is 16.4. The highest BCUT2D eigenvalue weighted by Gasteiger charge is 2.39. The number of carboxylic acid groups (broad SMARTS) is 1. The van der Waals surface area contributed by atoms with E-state index in [2.05, 4.69) is 47.9 Å². The Morgan fingerprint density at radius 1 is 0.239 bits per heavy atom. The van der Waals surface area contributed by atoms with E-state index in [0.717, 1.165) is 0 Å². The van der Waals surface area contributed by atoms with Crippen LogP contribution in [0.5, 0.6) is 0 Å². The molecule has 0 aromatic carbocycles. The molecule has 0 saturated carbocycles. The van der Waals surface area contributed by atoms with Crippen LogP contribution in [0.15, 0.2) is 0 Å². The summed E-state index contributed by atoms with van der Waals surface area (Å²) in [6.45, 7) is 34.0. The second-order valence-corrected chi connectivity index (χ2v) is 22.2. The van der Waals surface area contributed by atoms with Crippen molar-refractivity contribution >= 4 is 59.1 Å². The van der Waals surface area contributed by atoms with E-state index in [-0.39, 0.29) is 11.8 Å². The Balaban J connectivity index is 6.33. The zero-order chi connectivity index (χ0) is 55.7. The number of carboxylic acids is 1. The number of rotatable bonds is 29. The van der Waals surface area contributed by atoms with E-state index in [1.807, 2.05) is 0 Å². The smallest absolute Gasteiger partial charge is 0.326 e. The third kappa shape index (κ3) is 20.7. The van der Waals surface area contributed by atoms with Crippen molar-refractivity contribution in [1.29, 1.82) is 0 Å². The van der Waals surface area contributed by atoms with E-state index in [4.69, 9.17) is 5.73 Å². The molecule has 0 rings (SSSR count). The van der Waals surface area contributed by atoms with Gasteiger partial charge in [0.2, 0.25) is 53.2 Å². The molecular weight excluding hydrogens is 917 g/mol. The molecule has 408 valence electrons. The standard InChI is InChI=1S/C50H92N10O11/c1-21(2)31(51)41(61)52-32(22(3)4)42(62)53-33(23(5)6)43(63)54-34(24(7)8)44(64)55-35(25(9)10)45(65)56-36(26(11)12)46(66)57-37(27(13)14)47(67)58-38(28(15)16)48(68)59-39(29(17)18)49(69)60-40(30(19)20)50(70)71/h21-40H,51H2,1-20H3,(H,52,61)(H,53,62)(H,54,63)(H,55,64)(H,56,65)(H,57,66)(H,58,67)(H,59,68)(H,60,69)(H,70,71)/t31-,32-,33-,34-,35-,36-,37-,38-,39-,40-/m0/s1. The fraction of sp³-hybridized carbons (Fsp3) is 0.800. The van der Waals surface area contributed by atoms with Crippen molar-refractivity contribution in [1.82, 2.24) is 47.9 Å². The number of nitrogens with one attached hydrogen (secondary N) is 9. The van der Waals surface area contributed by atoms with Gasteiger partial charge in [-0.05, 0) is 59.2 Å². The molecule has 21 nitrogen and oxygen atoms in total. The Hall–Kier alpha value is -5.34. The Kier molecular flexibility index (Phi) is 27.6. The van der Waals surface area contributed by atoms with Crippen LogP contribution in [0.25, 0.3) is 0 Å². The van der Waals surface area contributed by atoms with Gasteiger partial charge in [0.05, 0.1) is 6.04 Å². The summed E-state index contributed by atoms with van der Waals surface area (Å²) in [4.78, 5) is 135. The third-order valence-corrected chi connectivity index (χ3v) is 12.2. The zero-order valence-electron chi connectivity index (χ0n) is 46.2. The summed E-state index contributed by atoms with van der Waals surface area (Å²) in [7, 11) is 0. The average Bonchev–Trinajstić information content (AvgIpc) is 3.24. The lowest BCUT2D eigenvalue weighted by Crippen LogP contribution is -2.63. The molecule has 0 radical (unpaired) electrons. The minimum absolute atomic E-state index is 0.184. The second-order valence-electron chi connectivity index (χ2n) is 22.2. The molecule has 9 amide bonds. The molecule has 0 aromatic rings. The maximum Gasteiger partial charge on any atom is 0.326 e. The molecule has 0 aliphatic carbocycles. The van der Waals surface area contributed by atoms with Crippen LogP contribution in [0, 0.1) is 59.2 Å². The molecule has 0 aliphatic rings. The number of hydrogen-bond acceptors (Lipinski definition) is 11. The highest BCUT2D eigenvalue weighted by molar-refractivity contribution is 5.99. The van der Waals surface area contributed by atoms with Crippen molar-refractivity contribution in [2.75, 3.05) is 0 Å². The number of aliphatic carboxylic acids is 1. The monoisotopic (exact) mass is 1010 g/mol. The van der Waals surface area contributed by atoms with E-state index >= 15 is 0 Å². The fourth-order valence-corrected chi connectivity index (χ4v) is 7.29. The van der Waals surface area contributed by atoms with Crippen molar-refractivity contribution in [3.8, 4) is 0 Å². The van der Waals surface area contributed by atoms with Crippen LogP contribution in [0.3, 0.4) is 0 Å². The van der Waals surface area contributed by atoms with Crippen molar-refractivity contribution in [3.05, 3.63) is 0 Å². The lowest BCUT2D eigenvalue weighted by atomic mass is 9.96. The molecule has 0 aromatic heterocycles. The van der Waals surface area contributed by atoms with Crippen LogP contribution in [-0.2, 0) is 47.9 Å². The van der Waals surface area contributed by atoms with E-state index in [9.17, 15) is 53.1 Å². The second kappa shape index (κ2) is 29.9. The Morgan fingerprint density at radius 3 is 0.479 bits per heavy atom. The Labute approximate surface area is 422 Å². The number of amides is 9. The van der Waals surface area contributed by atoms with Gasteiger partial charge in [-0.1, -0.05) is 138 Å². The Morgan fingerprint density at radius 2 is 0.366 bits per heavy atom. The molecule has 21 heteroatoms. The first-order valence-electron chi connectivity index (χ1n) is 25.2. The van der Waals surface area contributed by atoms with E-state index in [1.54, 1.807) is 138 Å². The average molecular weight is 1010 g/mol. The predicted molar refractivity (Wildman–Crippen MR) is 271 cm³/mol. The van der Waals surface area contributed by atoms with Crippen LogP contribution >= 0.6 is 0 Å². The third-order valence-electron chi connectivity index (χ3n) is 12.2. The minimum atomic E-state index is -1.23. The van der Waals surface area contributed by atoms with E-state index in [0.29, 0.717) is 0 Å². The van der Waals surface area contributed by atoms with Gasteiger partial charge in [0.1, 0.15) is 54.4 Å². The molecule has 0 aliphatic heterocycles. The zero-order valence-corrected chi connectivity index (χ0v) is 46.2. The fourth-order valence-electron chi connectivity index (χ4n) is 7.29. The van der Waals surface area contributed by atoms with Crippen molar-refractivity contribution < 1.29 is 53.1 Å². The molecule has 0 spiro atoms. The summed E-state index contributed by atoms with van der Waals surface area (Å²) in [6.07, 6.45) is 0. The highest BCUT2D eigenvalue weighted by Crippen LogP contribution is 2.15.